The fourth-order valence-corrected chi connectivity index (χ4v) is 3.69. The van der Waals surface area contributed by atoms with E-state index in [9.17, 15) is 4.79 Å². The van der Waals surface area contributed by atoms with Gasteiger partial charge in [0.15, 0.2) is 5.76 Å². The number of benzene rings is 1. The standard InChI is InChI=1S/C15H18N2O3S/c16-17-15(18)14-12(9-21-8-10-4-3-7-19-10)11-5-1-2-6-13(11)20-14/h1-2,5-6,10H,3-4,7-9,16H2,(H,17,18). The Morgan fingerprint density at radius 1 is 1.43 bits per heavy atom. The molecule has 1 aromatic carbocycles. The van der Waals surface area contributed by atoms with E-state index in [1.54, 1.807) is 11.8 Å². The number of furan rings is 1. The summed E-state index contributed by atoms with van der Waals surface area (Å²) < 4.78 is 11.3. The predicted molar refractivity (Wildman–Crippen MR) is 83.0 cm³/mol. The maximum Gasteiger partial charge on any atom is 0.301 e. The third-order valence-electron chi connectivity index (χ3n) is 3.61. The number of rotatable bonds is 5. The lowest BCUT2D eigenvalue weighted by molar-refractivity contribution is 0.0927. The van der Waals surface area contributed by atoms with Gasteiger partial charge in [0.05, 0.1) is 6.10 Å². The summed E-state index contributed by atoms with van der Waals surface area (Å²) in [4.78, 5) is 11.9. The molecule has 0 radical (unpaired) electrons. The number of hydrazine groups is 1. The van der Waals surface area contributed by atoms with E-state index in [0.717, 1.165) is 36.2 Å². The van der Waals surface area contributed by atoms with Crippen molar-refractivity contribution in [3.05, 3.63) is 35.6 Å². The van der Waals surface area contributed by atoms with Crippen molar-refractivity contribution in [2.75, 3.05) is 12.4 Å². The number of ether oxygens (including phenoxy) is 1. The van der Waals surface area contributed by atoms with Crippen LogP contribution in [-0.2, 0) is 10.5 Å². The first-order valence-corrected chi connectivity index (χ1v) is 8.15. The molecule has 6 heteroatoms. The highest BCUT2D eigenvalue weighted by molar-refractivity contribution is 7.98. The highest BCUT2D eigenvalue weighted by Crippen LogP contribution is 2.30. The van der Waals surface area contributed by atoms with E-state index in [1.807, 2.05) is 24.3 Å². The van der Waals surface area contributed by atoms with Gasteiger partial charge < -0.3 is 9.15 Å². The molecule has 1 saturated heterocycles. The van der Waals surface area contributed by atoms with Crippen molar-refractivity contribution in [1.29, 1.82) is 0 Å². The van der Waals surface area contributed by atoms with Crippen molar-refractivity contribution in [3.8, 4) is 0 Å². The summed E-state index contributed by atoms with van der Waals surface area (Å²) in [5, 5.41) is 0.968. The number of nitrogen functional groups attached to an aromatic ring is 1. The molecule has 5 nitrogen and oxygen atoms in total. The van der Waals surface area contributed by atoms with Gasteiger partial charge in [-0.3, -0.25) is 10.2 Å². The Morgan fingerprint density at radius 3 is 3.05 bits per heavy atom. The van der Waals surface area contributed by atoms with Gasteiger partial charge in [-0.15, -0.1) is 0 Å². The molecule has 0 saturated carbocycles. The molecule has 1 aromatic heterocycles. The maximum absolute atomic E-state index is 11.9. The van der Waals surface area contributed by atoms with Gasteiger partial charge in [-0.2, -0.15) is 11.8 Å². The second-order valence-electron chi connectivity index (χ2n) is 5.03. The van der Waals surface area contributed by atoms with E-state index in [-0.39, 0.29) is 5.91 Å². The summed E-state index contributed by atoms with van der Waals surface area (Å²) in [6, 6.07) is 7.65. The van der Waals surface area contributed by atoms with Crippen LogP contribution in [0.1, 0.15) is 29.0 Å². The minimum Gasteiger partial charge on any atom is -0.451 e. The molecule has 112 valence electrons. The van der Waals surface area contributed by atoms with E-state index in [2.05, 4.69) is 5.43 Å². The molecule has 1 aliphatic heterocycles. The molecular formula is C15H18N2O3S. The van der Waals surface area contributed by atoms with Gasteiger partial charge >= 0.3 is 5.91 Å². The molecule has 1 unspecified atom stereocenters. The van der Waals surface area contributed by atoms with Crippen LogP contribution in [0.2, 0.25) is 0 Å². The minimum absolute atomic E-state index is 0.304. The molecule has 2 heterocycles. The molecule has 1 fully saturated rings. The van der Waals surface area contributed by atoms with Crippen LogP contribution in [0.15, 0.2) is 28.7 Å². The number of hydrogen-bond donors (Lipinski definition) is 2. The number of nitrogens with one attached hydrogen (secondary N) is 1. The van der Waals surface area contributed by atoms with Gasteiger partial charge in [-0.25, -0.2) is 5.84 Å². The number of amides is 1. The zero-order chi connectivity index (χ0) is 14.7. The summed E-state index contributed by atoms with van der Waals surface area (Å²) in [5.74, 6) is 6.79. The largest absolute Gasteiger partial charge is 0.451 e. The molecule has 1 amide bonds. The van der Waals surface area contributed by atoms with Crippen LogP contribution >= 0.6 is 11.8 Å². The molecule has 3 rings (SSSR count). The van der Waals surface area contributed by atoms with E-state index < -0.39 is 0 Å². The lowest BCUT2D eigenvalue weighted by atomic mass is 10.1. The van der Waals surface area contributed by atoms with Crippen molar-refractivity contribution in [2.24, 2.45) is 5.84 Å². The van der Waals surface area contributed by atoms with Crippen LogP contribution in [0.4, 0.5) is 0 Å². The monoisotopic (exact) mass is 306 g/mol. The summed E-state index contributed by atoms with van der Waals surface area (Å²) >= 11 is 1.76. The molecule has 21 heavy (non-hydrogen) atoms. The molecule has 1 aliphatic rings. The van der Waals surface area contributed by atoms with Crippen molar-refractivity contribution in [2.45, 2.75) is 24.7 Å². The summed E-state index contributed by atoms with van der Waals surface area (Å²) in [6.07, 6.45) is 2.59. The Hall–Kier alpha value is -1.50. The molecule has 1 atom stereocenters. The molecule has 0 bridgehead atoms. The minimum atomic E-state index is -0.390. The summed E-state index contributed by atoms with van der Waals surface area (Å²) in [7, 11) is 0. The topological polar surface area (TPSA) is 77.5 Å². The smallest absolute Gasteiger partial charge is 0.301 e. The van der Waals surface area contributed by atoms with E-state index in [1.165, 1.54) is 0 Å². The number of nitrogens with two attached hydrogens (primary N) is 1. The first-order chi connectivity index (χ1) is 10.3. The molecular weight excluding hydrogens is 288 g/mol. The van der Waals surface area contributed by atoms with Gasteiger partial charge in [0.1, 0.15) is 5.58 Å². The Morgan fingerprint density at radius 2 is 2.29 bits per heavy atom. The summed E-state index contributed by atoms with van der Waals surface area (Å²) in [5.41, 5.74) is 3.76. The number of thioether (sulfide) groups is 1. The van der Waals surface area contributed by atoms with Crippen molar-refractivity contribution < 1.29 is 13.9 Å². The Balaban J connectivity index is 1.79. The Labute approximate surface area is 127 Å². The molecule has 3 N–H and O–H groups in total. The van der Waals surface area contributed by atoms with Crippen LogP contribution < -0.4 is 11.3 Å². The SMILES string of the molecule is NNC(=O)c1oc2ccccc2c1CSCC1CCCO1. The molecule has 0 spiro atoms. The van der Waals surface area contributed by atoms with Crippen molar-refractivity contribution in [3.63, 3.8) is 0 Å². The Kier molecular flexibility index (Phi) is 4.48. The van der Waals surface area contributed by atoms with Gasteiger partial charge in [-0.05, 0) is 18.9 Å². The maximum atomic E-state index is 11.9. The predicted octanol–water partition coefficient (Wildman–Crippen LogP) is 2.45. The number of para-hydroxylation sites is 1. The number of fused-ring (bicyclic) bond motifs is 1. The quantitative estimate of drug-likeness (QED) is 0.504. The van der Waals surface area contributed by atoms with Gasteiger partial charge in [0.25, 0.3) is 0 Å². The first kappa shape index (κ1) is 14.4. The Bertz CT molecular complexity index is 635. The van der Waals surface area contributed by atoms with Gasteiger partial charge in [-0.1, -0.05) is 18.2 Å². The average molecular weight is 306 g/mol. The van der Waals surface area contributed by atoms with Gasteiger partial charge in [0.2, 0.25) is 0 Å². The normalized spacial score (nSPS) is 18.2. The number of hydrogen-bond acceptors (Lipinski definition) is 5. The van der Waals surface area contributed by atoms with Crippen LogP contribution in [0.5, 0.6) is 0 Å². The lowest BCUT2D eigenvalue weighted by Gasteiger charge is -2.08. The fourth-order valence-electron chi connectivity index (χ4n) is 2.56. The van der Waals surface area contributed by atoms with Crippen molar-refractivity contribution >= 4 is 28.6 Å². The number of carbonyl (C=O) groups excluding carboxylic acids is 1. The van der Waals surface area contributed by atoms with Crippen LogP contribution in [0, 0.1) is 0 Å². The van der Waals surface area contributed by atoms with E-state index >= 15 is 0 Å². The molecule has 0 aliphatic carbocycles. The van der Waals surface area contributed by atoms with Crippen LogP contribution in [0.3, 0.4) is 0 Å². The number of carbonyl (C=O) groups is 1. The lowest BCUT2D eigenvalue weighted by Crippen LogP contribution is -2.30. The van der Waals surface area contributed by atoms with E-state index in [4.69, 9.17) is 15.0 Å². The highest BCUT2D eigenvalue weighted by Gasteiger charge is 2.21. The zero-order valence-corrected chi connectivity index (χ0v) is 12.4. The van der Waals surface area contributed by atoms with Crippen molar-refractivity contribution in [1.82, 2.24) is 5.43 Å². The van der Waals surface area contributed by atoms with E-state index in [0.29, 0.717) is 23.2 Å². The summed E-state index contributed by atoms with van der Waals surface area (Å²) in [6.45, 7) is 0.862. The fraction of sp³-hybridized carbons (Fsp3) is 0.400. The van der Waals surface area contributed by atoms with Crippen LogP contribution in [0.25, 0.3) is 11.0 Å². The van der Waals surface area contributed by atoms with Gasteiger partial charge in [0, 0.05) is 29.1 Å². The zero-order valence-electron chi connectivity index (χ0n) is 11.6. The highest BCUT2D eigenvalue weighted by atomic mass is 32.2. The second-order valence-corrected chi connectivity index (χ2v) is 6.06. The molecule has 2 aromatic rings. The third-order valence-corrected chi connectivity index (χ3v) is 4.71. The second kappa shape index (κ2) is 6.51. The average Bonchev–Trinajstić information content (AvgIpc) is 3.14. The van der Waals surface area contributed by atoms with Crippen LogP contribution in [-0.4, -0.2) is 24.4 Å². The first-order valence-electron chi connectivity index (χ1n) is 7.00. The third kappa shape index (κ3) is 3.07.